The number of aryl methyl sites for hydroxylation is 2. The van der Waals surface area contributed by atoms with Gasteiger partial charge in [0.05, 0.1) is 12.1 Å². The van der Waals surface area contributed by atoms with Crippen LogP contribution in [0.15, 0.2) is 18.2 Å². The highest BCUT2D eigenvalue weighted by atomic mass is 19.1. The number of carbonyl (C=O) groups excluding carboxylic acids is 1. The Bertz CT molecular complexity index is 1010. The van der Waals surface area contributed by atoms with Gasteiger partial charge in [0, 0.05) is 17.9 Å². The predicted molar refractivity (Wildman–Crippen MR) is 94.4 cm³/mol. The van der Waals surface area contributed by atoms with Gasteiger partial charge in [0.2, 0.25) is 5.91 Å². The molecule has 1 amide bonds. The summed E-state index contributed by atoms with van der Waals surface area (Å²) in [5, 5.41) is 10.1. The molecule has 4 rings (SSSR count). The molecule has 0 aliphatic carbocycles. The van der Waals surface area contributed by atoms with Crippen LogP contribution in [0.5, 0.6) is 0 Å². The number of carbonyl (C=O) groups is 1. The lowest BCUT2D eigenvalue weighted by Crippen LogP contribution is -2.25. The van der Waals surface area contributed by atoms with Crippen molar-refractivity contribution in [1.82, 2.24) is 24.9 Å². The molecule has 1 aliphatic rings. The van der Waals surface area contributed by atoms with Crippen molar-refractivity contribution in [3.8, 4) is 0 Å². The van der Waals surface area contributed by atoms with Crippen LogP contribution in [-0.4, -0.2) is 32.0 Å². The third-order valence-electron chi connectivity index (χ3n) is 4.46. The van der Waals surface area contributed by atoms with Crippen molar-refractivity contribution in [2.45, 2.75) is 33.2 Å². The fourth-order valence-electron chi connectivity index (χ4n) is 3.25. The number of fused-ring (bicyclic) bond motifs is 2. The van der Waals surface area contributed by atoms with Crippen LogP contribution in [0.1, 0.15) is 28.3 Å². The molecular formula is C18H19FN6O. The van der Waals surface area contributed by atoms with Crippen LogP contribution in [-0.2, 0) is 24.2 Å². The van der Waals surface area contributed by atoms with E-state index in [1.165, 1.54) is 0 Å². The largest absolute Gasteiger partial charge is 0.323 e. The van der Waals surface area contributed by atoms with Crippen molar-refractivity contribution in [2.24, 2.45) is 0 Å². The summed E-state index contributed by atoms with van der Waals surface area (Å²) in [6.07, 6.45) is 0.573. The minimum atomic E-state index is -0.358. The lowest BCUT2D eigenvalue weighted by atomic mass is 9.99. The van der Waals surface area contributed by atoms with Gasteiger partial charge in [0.15, 0.2) is 5.82 Å². The topological polar surface area (TPSA) is 84.2 Å². The molecule has 0 saturated carbocycles. The van der Waals surface area contributed by atoms with Crippen LogP contribution < -0.4 is 10.6 Å². The van der Waals surface area contributed by atoms with Crippen molar-refractivity contribution >= 4 is 17.4 Å². The number of amides is 1. The zero-order valence-corrected chi connectivity index (χ0v) is 14.6. The van der Waals surface area contributed by atoms with E-state index >= 15 is 0 Å². The summed E-state index contributed by atoms with van der Waals surface area (Å²) < 4.78 is 16.2. The number of anilines is 1. The molecule has 0 radical (unpaired) electrons. The van der Waals surface area contributed by atoms with E-state index in [2.05, 4.69) is 25.7 Å². The third kappa shape index (κ3) is 3.03. The first-order chi connectivity index (χ1) is 12.5. The number of nitrogens with zero attached hydrogens (tertiary/aromatic N) is 4. The molecule has 0 atom stereocenters. The lowest BCUT2D eigenvalue weighted by Gasteiger charge is -2.19. The molecule has 0 unspecified atom stereocenters. The molecule has 134 valence electrons. The van der Waals surface area contributed by atoms with Crippen LogP contribution >= 0.6 is 0 Å². The van der Waals surface area contributed by atoms with E-state index < -0.39 is 0 Å². The second kappa shape index (κ2) is 6.45. The van der Waals surface area contributed by atoms with Gasteiger partial charge in [-0.1, -0.05) is 6.07 Å². The maximum Gasteiger partial charge on any atom is 0.252 e. The molecule has 0 saturated heterocycles. The van der Waals surface area contributed by atoms with Crippen molar-refractivity contribution in [1.29, 1.82) is 0 Å². The second-order valence-electron chi connectivity index (χ2n) is 6.50. The fourth-order valence-corrected chi connectivity index (χ4v) is 3.25. The third-order valence-corrected chi connectivity index (χ3v) is 4.46. The maximum atomic E-state index is 14.6. The van der Waals surface area contributed by atoms with Crippen molar-refractivity contribution in [3.05, 3.63) is 52.4 Å². The summed E-state index contributed by atoms with van der Waals surface area (Å²) in [5.74, 6) is 0.0977. The van der Waals surface area contributed by atoms with E-state index in [1.54, 1.807) is 10.6 Å². The van der Waals surface area contributed by atoms with Gasteiger partial charge >= 0.3 is 0 Å². The molecule has 8 heteroatoms. The Kier molecular flexibility index (Phi) is 4.12. The second-order valence-corrected chi connectivity index (χ2v) is 6.50. The highest BCUT2D eigenvalue weighted by Gasteiger charge is 2.18. The smallest absolute Gasteiger partial charge is 0.252 e. The first kappa shape index (κ1) is 16.6. The number of aromatic nitrogens is 4. The first-order valence-corrected chi connectivity index (χ1v) is 8.52. The van der Waals surface area contributed by atoms with Crippen LogP contribution in [0.3, 0.4) is 0 Å². The number of nitrogens with one attached hydrogen (secondary N) is 2. The Hall–Kier alpha value is -2.87. The zero-order chi connectivity index (χ0) is 18.3. The molecule has 1 aromatic carbocycles. The number of benzene rings is 1. The average molecular weight is 354 g/mol. The highest BCUT2D eigenvalue weighted by Crippen LogP contribution is 2.24. The number of hydrogen-bond donors (Lipinski definition) is 2. The van der Waals surface area contributed by atoms with Gasteiger partial charge in [-0.15, -0.1) is 5.10 Å². The summed E-state index contributed by atoms with van der Waals surface area (Å²) in [5.41, 5.74) is 3.53. The van der Waals surface area contributed by atoms with Crippen LogP contribution in [0, 0.1) is 19.7 Å². The quantitative estimate of drug-likeness (QED) is 0.748. The molecule has 0 bridgehead atoms. The van der Waals surface area contributed by atoms with Crippen LogP contribution in [0.4, 0.5) is 10.1 Å². The average Bonchev–Trinajstić information content (AvgIpc) is 3.00. The van der Waals surface area contributed by atoms with Crippen LogP contribution in [0.2, 0.25) is 0 Å². The Morgan fingerprint density at radius 1 is 1.35 bits per heavy atom. The van der Waals surface area contributed by atoms with Gasteiger partial charge in [-0.2, -0.15) is 4.98 Å². The molecular weight excluding hydrogens is 335 g/mol. The summed E-state index contributed by atoms with van der Waals surface area (Å²) in [6.45, 7) is 5.16. The molecule has 0 spiro atoms. The van der Waals surface area contributed by atoms with Gasteiger partial charge in [-0.05, 0) is 50.1 Å². The molecule has 3 aromatic rings. The molecule has 3 heterocycles. The van der Waals surface area contributed by atoms with Gasteiger partial charge in [0.1, 0.15) is 5.82 Å². The molecule has 0 fully saturated rings. The Morgan fingerprint density at radius 3 is 3.04 bits per heavy atom. The molecule has 2 aromatic heterocycles. The van der Waals surface area contributed by atoms with E-state index in [0.717, 1.165) is 23.5 Å². The van der Waals surface area contributed by atoms with Crippen molar-refractivity contribution in [3.63, 3.8) is 0 Å². The molecule has 26 heavy (non-hydrogen) atoms. The number of rotatable bonds is 3. The first-order valence-electron chi connectivity index (χ1n) is 8.52. The summed E-state index contributed by atoms with van der Waals surface area (Å²) in [4.78, 5) is 20.9. The Morgan fingerprint density at radius 2 is 2.19 bits per heavy atom. The van der Waals surface area contributed by atoms with E-state index in [-0.39, 0.29) is 23.8 Å². The SMILES string of the molecule is Cc1cc(C)n2nc(CC(=O)Nc3ccc4c(c3F)CCNC4)nc2n1. The molecule has 7 nitrogen and oxygen atoms in total. The number of hydrogen-bond acceptors (Lipinski definition) is 5. The van der Waals surface area contributed by atoms with Gasteiger partial charge in [-0.3, -0.25) is 4.79 Å². The summed E-state index contributed by atoms with van der Waals surface area (Å²) in [7, 11) is 0. The summed E-state index contributed by atoms with van der Waals surface area (Å²) in [6, 6.07) is 5.34. The fraction of sp³-hybridized carbons (Fsp3) is 0.333. The summed E-state index contributed by atoms with van der Waals surface area (Å²) >= 11 is 0. The normalized spacial score (nSPS) is 13.7. The monoisotopic (exact) mass is 354 g/mol. The molecule has 1 aliphatic heterocycles. The van der Waals surface area contributed by atoms with Gasteiger partial charge in [0.25, 0.3) is 5.78 Å². The van der Waals surface area contributed by atoms with E-state index in [0.29, 0.717) is 30.1 Å². The van der Waals surface area contributed by atoms with E-state index in [1.807, 2.05) is 26.0 Å². The maximum absolute atomic E-state index is 14.6. The highest BCUT2D eigenvalue weighted by molar-refractivity contribution is 5.92. The minimum absolute atomic E-state index is 0.0417. The van der Waals surface area contributed by atoms with E-state index in [4.69, 9.17) is 0 Å². The van der Waals surface area contributed by atoms with Gasteiger partial charge < -0.3 is 10.6 Å². The standard InChI is InChI=1S/C18H19FN6O/c1-10-7-11(2)25-18(21-10)23-15(24-25)8-16(26)22-14-4-3-12-9-20-6-5-13(12)17(14)19/h3-4,7,20H,5-6,8-9H2,1-2H3,(H,22,26). The van der Waals surface area contributed by atoms with Crippen molar-refractivity contribution < 1.29 is 9.18 Å². The predicted octanol–water partition coefficient (Wildman–Crippen LogP) is 1.71. The van der Waals surface area contributed by atoms with Crippen molar-refractivity contribution in [2.75, 3.05) is 11.9 Å². The Labute approximate surface area is 149 Å². The Balaban J connectivity index is 1.53. The van der Waals surface area contributed by atoms with E-state index in [9.17, 15) is 9.18 Å². The zero-order valence-electron chi connectivity index (χ0n) is 14.6. The lowest BCUT2D eigenvalue weighted by molar-refractivity contribution is -0.115. The minimum Gasteiger partial charge on any atom is -0.323 e. The number of halogens is 1. The van der Waals surface area contributed by atoms with Crippen LogP contribution in [0.25, 0.3) is 5.78 Å². The molecule has 2 N–H and O–H groups in total. The van der Waals surface area contributed by atoms with Gasteiger partial charge in [-0.25, -0.2) is 13.9 Å².